The average Bonchev–Trinajstić information content (AvgIpc) is 2.86. The highest BCUT2D eigenvalue weighted by molar-refractivity contribution is 7.14. The second kappa shape index (κ2) is 5.28. The van der Waals surface area contributed by atoms with Gasteiger partial charge in [-0.2, -0.15) is 0 Å². The highest BCUT2D eigenvalue weighted by atomic mass is 32.1. The number of carbonyl (C=O) groups is 1. The first-order valence-corrected chi connectivity index (χ1v) is 6.79. The highest BCUT2D eigenvalue weighted by Gasteiger charge is 2.14. The van der Waals surface area contributed by atoms with Crippen LogP contribution in [0.1, 0.15) is 39.5 Å². The van der Waals surface area contributed by atoms with Crippen molar-refractivity contribution in [1.82, 2.24) is 0 Å². The van der Waals surface area contributed by atoms with E-state index in [2.05, 4.69) is 13.8 Å². The quantitative estimate of drug-likeness (QED) is 0.740. The fourth-order valence-electron chi connectivity index (χ4n) is 1.87. The number of rotatable bonds is 4. The summed E-state index contributed by atoms with van der Waals surface area (Å²) in [5, 5.41) is 0. The molecule has 0 amide bonds. The molecule has 0 aliphatic heterocycles. The van der Waals surface area contributed by atoms with E-state index in [0.29, 0.717) is 0 Å². The third kappa shape index (κ3) is 2.47. The van der Waals surface area contributed by atoms with Crippen LogP contribution in [-0.4, -0.2) is 5.78 Å². The second-order valence-electron chi connectivity index (χ2n) is 3.96. The molecule has 1 aromatic carbocycles. The Morgan fingerprint density at radius 3 is 2.47 bits per heavy atom. The molecule has 1 nitrogen and oxygen atoms in total. The Labute approximate surface area is 106 Å². The monoisotopic (exact) mass is 244 g/mol. The Balaban J connectivity index is 2.36. The third-order valence-corrected chi connectivity index (χ3v) is 4.11. The van der Waals surface area contributed by atoms with Crippen LogP contribution in [0.4, 0.5) is 0 Å². The van der Waals surface area contributed by atoms with E-state index in [0.717, 1.165) is 28.8 Å². The maximum Gasteiger partial charge on any atom is 0.203 e. The van der Waals surface area contributed by atoms with Gasteiger partial charge in [0.15, 0.2) is 0 Å². The maximum absolute atomic E-state index is 12.4. The zero-order valence-corrected chi connectivity index (χ0v) is 11.0. The van der Waals surface area contributed by atoms with Crippen LogP contribution in [0.15, 0.2) is 36.4 Å². The van der Waals surface area contributed by atoms with Gasteiger partial charge >= 0.3 is 0 Å². The molecule has 1 heterocycles. The predicted octanol–water partition coefficient (Wildman–Crippen LogP) is 4.10. The van der Waals surface area contributed by atoms with E-state index in [9.17, 15) is 4.79 Å². The molecule has 1 aromatic heterocycles. The maximum atomic E-state index is 12.4. The van der Waals surface area contributed by atoms with Gasteiger partial charge in [-0.25, -0.2) is 0 Å². The number of ketones is 1. The normalized spacial score (nSPS) is 10.5. The predicted molar refractivity (Wildman–Crippen MR) is 72.9 cm³/mol. The molecule has 0 fully saturated rings. The van der Waals surface area contributed by atoms with Crippen LogP contribution in [0, 0.1) is 0 Å². The smallest absolute Gasteiger partial charge is 0.203 e. The largest absolute Gasteiger partial charge is 0.288 e. The van der Waals surface area contributed by atoms with Crippen molar-refractivity contribution >= 4 is 17.1 Å². The molecule has 0 aliphatic carbocycles. The average molecular weight is 244 g/mol. The number of hydrogen-bond donors (Lipinski definition) is 0. The van der Waals surface area contributed by atoms with E-state index in [1.807, 2.05) is 36.4 Å². The lowest BCUT2D eigenvalue weighted by Gasteiger charge is -2.04. The van der Waals surface area contributed by atoms with Gasteiger partial charge in [-0.3, -0.25) is 4.79 Å². The van der Waals surface area contributed by atoms with Crippen molar-refractivity contribution in [2.45, 2.75) is 26.7 Å². The summed E-state index contributed by atoms with van der Waals surface area (Å²) in [4.78, 5) is 14.5. The van der Waals surface area contributed by atoms with Crippen LogP contribution >= 0.6 is 11.3 Å². The fraction of sp³-hybridized carbons (Fsp3) is 0.267. The van der Waals surface area contributed by atoms with Crippen molar-refractivity contribution in [2.75, 3.05) is 0 Å². The number of hydrogen-bond acceptors (Lipinski definition) is 2. The summed E-state index contributed by atoms with van der Waals surface area (Å²) in [6.07, 6.45) is 1.89. The second-order valence-corrected chi connectivity index (χ2v) is 5.13. The molecule has 17 heavy (non-hydrogen) atoms. The van der Waals surface area contributed by atoms with Crippen molar-refractivity contribution in [3.8, 4) is 0 Å². The van der Waals surface area contributed by atoms with Crippen LogP contribution in [0.25, 0.3) is 0 Å². The van der Waals surface area contributed by atoms with Crippen molar-refractivity contribution in [2.24, 2.45) is 0 Å². The van der Waals surface area contributed by atoms with Gasteiger partial charge in [-0.05, 0) is 30.5 Å². The number of aryl methyl sites for hydroxylation is 2. The van der Waals surface area contributed by atoms with Gasteiger partial charge in [-0.15, -0.1) is 11.3 Å². The Morgan fingerprint density at radius 2 is 1.82 bits per heavy atom. The molecule has 0 N–H and O–H groups in total. The molecule has 0 saturated heterocycles. The lowest BCUT2D eigenvalue weighted by molar-refractivity contribution is 0.104. The summed E-state index contributed by atoms with van der Waals surface area (Å²) in [6, 6.07) is 11.9. The Hall–Kier alpha value is -1.41. The summed E-state index contributed by atoms with van der Waals surface area (Å²) in [5.41, 5.74) is 1.98. The van der Waals surface area contributed by atoms with E-state index in [-0.39, 0.29) is 5.78 Å². The number of benzene rings is 1. The molecule has 2 aromatic rings. The van der Waals surface area contributed by atoms with Gasteiger partial charge in [0.25, 0.3) is 0 Å². The van der Waals surface area contributed by atoms with Crippen LogP contribution in [0.2, 0.25) is 0 Å². The van der Waals surface area contributed by atoms with Crippen molar-refractivity contribution in [3.05, 3.63) is 57.3 Å². The molecule has 0 bridgehead atoms. The first-order chi connectivity index (χ1) is 8.26. The highest BCUT2D eigenvalue weighted by Crippen LogP contribution is 2.22. The summed E-state index contributed by atoms with van der Waals surface area (Å²) < 4.78 is 0. The minimum absolute atomic E-state index is 0.159. The Kier molecular flexibility index (Phi) is 3.75. The van der Waals surface area contributed by atoms with Crippen molar-refractivity contribution < 1.29 is 4.79 Å². The molecule has 0 unspecified atom stereocenters. The van der Waals surface area contributed by atoms with Gasteiger partial charge in [0.1, 0.15) is 0 Å². The standard InChI is InChI=1S/C15H16OS/c1-3-11-7-5-6-8-13(11)15(16)14-10-9-12(4-2)17-14/h5-10H,3-4H2,1-2H3. The van der Waals surface area contributed by atoms with Crippen LogP contribution in [0.3, 0.4) is 0 Å². The summed E-state index contributed by atoms with van der Waals surface area (Å²) >= 11 is 1.61. The van der Waals surface area contributed by atoms with Crippen molar-refractivity contribution in [1.29, 1.82) is 0 Å². The Morgan fingerprint density at radius 1 is 1.06 bits per heavy atom. The fourth-order valence-corrected chi connectivity index (χ4v) is 2.77. The first kappa shape index (κ1) is 12.1. The molecule has 0 radical (unpaired) electrons. The molecule has 0 spiro atoms. The lowest BCUT2D eigenvalue weighted by Crippen LogP contribution is -2.02. The van der Waals surface area contributed by atoms with Gasteiger partial charge in [0, 0.05) is 10.4 Å². The molecule has 2 heteroatoms. The third-order valence-electron chi connectivity index (χ3n) is 2.88. The van der Waals surface area contributed by atoms with E-state index in [1.54, 1.807) is 11.3 Å². The minimum atomic E-state index is 0.159. The molecular formula is C15H16OS. The topological polar surface area (TPSA) is 17.1 Å². The minimum Gasteiger partial charge on any atom is -0.288 e. The summed E-state index contributed by atoms with van der Waals surface area (Å²) in [5.74, 6) is 0.159. The number of carbonyl (C=O) groups excluding carboxylic acids is 1. The van der Waals surface area contributed by atoms with Gasteiger partial charge < -0.3 is 0 Å². The van der Waals surface area contributed by atoms with E-state index in [4.69, 9.17) is 0 Å². The number of thiophene rings is 1. The zero-order chi connectivity index (χ0) is 12.3. The summed E-state index contributed by atoms with van der Waals surface area (Å²) in [6.45, 7) is 4.19. The van der Waals surface area contributed by atoms with E-state index in [1.165, 1.54) is 4.88 Å². The molecule has 2 rings (SSSR count). The van der Waals surface area contributed by atoms with Crippen LogP contribution < -0.4 is 0 Å². The molecular weight excluding hydrogens is 228 g/mol. The van der Waals surface area contributed by atoms with Gasteiger partial charge in [0.05, 0.1) is 4.88 Å². The molecule has 0 atom stereocenters. The molecule has 88 valence electrons. The molecule has 0 saturated carbocycles. The van der Waals surface area contributed by atoms with Gasteiger partial charge in [-0.1, -0.05) is 38.1 Å². The van der Waals surface area contributed by atoms with Crippen molar-refractivity contribution in [3.63, 3.8) is 0 Å². The molecule has 0 aliphatic rings. The van der Waals surface area contributed by atoms with E-state index < -0.39 is 0 Å². The zero-order valence-electron chi connectivity index (χ0n) is 10.2. The first-order valence-electron chi connectivity index (χ1n) is 5.97. The van der Waals surface area contributed by atoms with Gasteiger partial charge in [0.2, 0.25) is 5.78 Å². The van der Waals surface area contributed by atoms with E-state index >= 15 is 0 Å². The summed E-state index contributed by atoms with van der Waals surface area (Å²) in [7, 11) is 0. The van der Waals surface area contributed by atoms with Crippen LogP contribution in [-0.2, 0) is 12.8 Å². The van der Waals surface area contributed by atoms with Crippen LogP contribution in [0.5, 0.6) is 0 Å². The lowest BCUT2D eigenvalue weighted by atomic mass is 10.0. The Bertz CT molecular complexity index is 525. The SMILES string of the molecule is CCc1ccc(C(=O)c2ccccc2CC)s1.